The fraction of sp³-hybridized carbons (Fsp3) is 0.643. The largest absolute Gasteiger partial charge is 0.348 e. The lowest BCUT2D eigenvalue weighted by Crippen LogP contribution is -2.49. The van der Waals surface area contributed by atoms with Crippen LogP contribution in [0, 0.1) is 12.3 Å². The average Bonchev–Trinajstić information content (AvgIpc) is 2.77. The SMILES string of the molecule is Cc1ccc(C(C)NC(=O)C2(C)CCCNC2)s1. The minimum atomic E-state index is -0.251. The number of hydrogen-bond acceptors (Lipinski definition) is 3. The molecular formula is C14H22N2OS. The zero-order valence-electron chi connectivity index (χ0n) is 11.4. The number of piperidine rings is 1. The van der Waals surface area contributed by atoms with E-state index in [1.165, 1.54) is 9.75 Å². The highest BCUT2D eigenvalue weighted by molar-refractivity contribution is 7.12. The molecule has 100 valence electrons. The fourth-order valence-electron chi connectivity index (χ4n) is 2.38. The molecule has 2 heterocycles. The van der Waals surface area contributed by atoms with Gasteiger partial charge in [-0.15, -0.1) is 11.3 Å². The van der Waals surface area contributed by atoms with Gasteiger partial charge in [-0.25, -0.2) is 0 Å². The molecule has 1 amide bonds. The van der Waals surface area contributed by atoms with Crippen LogP contribution in [0.4, 0.5) is 0 Å². The first-order valence-corrected chi connectivity index (χ1v) is 7.41. The monoisotopic (exact) mass is 266 g/mol. The van der Waals surface area contributed by atoms with Crippen LogP contribution in [0.5, 0.6) is 0 Å². The Labute approximate surface area is 113 Å². The molecule has 0 spiro atoms. The van der Waals surface area contributed by atoms with Crippen LogP contribution in [0.15, 0.2) is 12.1 Å². The molecule has 2 atom stereocenters. The lowest BCUT2D eigenvalue weighted by Gasteiger charge is -2.33. The Balaban J connectivity index is 1.98. The third-order valence-corrected chi connectivity index (χ3v) is 4.86. The van der Waals surface area contributed by atoms with Crippen molar-refractivity contribution >= 4 is 17.2 Å². The van der Waals surface area contributed by atoms with E-state index >= 15 is 0 Å². The second-order valence-electron chi connectivity index (χ2n) is 5.48. The molecule has 0 bridgehead atoms. The van der Waals surface area contributed by atoms with Crippen LogP contribution in [-0.4, -0.2) is 19.0 Å². The van der Waals surface area contributed by atoms with Gasteiger partial charge in [0.1, 0.15) is 0 Å². The van der Waals surface area contributed by atoms with E-state index in [4.69, 9.17) is 0 Å². The van der Waals surface area contributed by atoms with Crippen LogP contribution in [0.1, 0.15) is 42.5 Å². The summed E-state index contributed by atoms with van der Waals surface area (Å²) in [4.78, 5) is 14.9. The zero-order chi connectivity index (χ0) is 13.2. The predicted octanol–water partition coefficient (Wildman–Crippen LogP) is 2.62. The molecule has 1 aromatic rings. The maximum Gasteiger partial charge on any atom is 0.227 e. The van der Waals surface area contributed by atoms with Gasteiger partial charge in [-0.05, 0) is 52.3 Å². The summed E-state index contributed by atoms with van der Waals surface area (Å²) in [6.45, 7) is 8.02. The van der Waals surface area contributed by atoms with Gasteiger partial charge < -0.3 is 10.6 Å². The molecule has 0 radical (unpaired) electrons. The Kier molecular flexibility index (Phi) is 4.07. The molecule has 0 aromatic carbocycles. The van der Waals surface area contributed by atoms with E-state index < -0.39 is 0 Å². The number of amides is 1. The van der Waals surface area contributed by atoms with Crippen LogP contribution in [0.3, 0.4) is 0 Å². The highest BCUT2D eigenvalue weighted by atomic mass is 32.1. The van der Waals surface area contributed by atoms with Gasteiger partial charge in [0.2, 0.25) is 5.91 Å². The van der Waals surface area contributed by atoms with Gasteiger partial charge in [-0.3, -0.25) is 4.79 Å². The van der Waals surface area contributed by atoms with Crippen molar-refractivity contribution in [3.05, 3.63) is 21.9 Å². The molecule has 2 N–H and O–H groups in total. The number of nitrogens with one attached hydrogen (secondary N) is 2. The molecule has 2 unspecified atom stereocenters. The minimum absolute atomic E-state index is 0.106. The molecule has 1 aliphatic rings. The first-order valence-electron chi connectivity index (χ1n) is 6.59. The van der Waals surface area contributed by atoms with Crippen molar-refractivity contribution in [3.63, 3.8) is 0 Å². The average molecular weight is 266 g/mol. The van der Waals surface area contributed by atoms with Crippen LogP contribution < -0.4 is 10.6 Å². The molecule has 1 aliphatic heterocycles. The van der Waals surface area contributed by atoms with Crippen LogP contribution in [0.25, 0.3) is 0 Å². The van der Waals surface area contributed by atoms with Gasteiger partial charge in [0, 0.05) is 16.3 Å². The van der Waals surface area contributed by atoms with Crippen molar-refractivity contribution in [3.8, 4) is 0 Å². The van der Waals surface area contributed by atoms with Crippen molar-refractivity contribution in [2.24, 2.45) is 5.41 Å². The predicted molar refractivity (Wildman–Crippen MR) is 75.8 cm³/mol. The van der Waals surface area contributed by atoms with E-state index in [0.717, 1.165) is 25.9 Å². The van der Waals surface area contributed by atoms with E-state index in [2.05, 4.69) is 43.5 Å². The quantitative estimate of drug-likeness (QED) is 0.883. The van der Waals surface area contributed by atoms with Gasteiger partial charge >= 0.3 is 0 Å². The number of aryl methyl sites for hydroxylation is 1. The number of carbonyl (C=O) groups excluding carboxylic acids is 1. The van der Waals surface area contributed by atoms with Crippen LogP contribution >= 0.6 is 11.3 Å². The van der Waals surface area contributed by atoms with Gasteiger partial charge in [0.05, 0.1) is 11.5 Å². The van der Waals surface area contributed by atoms with Gasteiger partial charge in [-0.2, -0.15) is 0 Å². The summed E-state index contributed by atoms with van der Waals surface area (Å²) in [6.07, 6.45) is 2.05. The van der Waals surface area contributed by atoms with E-state index in [-0.39, 0.29) is 17.4 Å². The number of thiophene rings is 1. The third-order valence-electron chi connectivity index (χ3n) is 3.68. The van der Waals surface area contributed by atoms with Crippen molar-refractivity contribution in [1.82, 2.24) is 10.6 Å². The molecule has 1 aromatic heterocycles. The first-order chi connectivity index (χ1) is 8.51. The number of hydrogen-bond donors (Lipinski definition) is 2. The first kappa shape index (κ1) is 13.6. The number of carbonyl (C=O) groups is 1. The summed E-state index contributed by atoms with van der Waals surface area (Å²) in [6, 6.07) is 4.31. The Morgan fingerprint density at radius 1 is 1.56 bits per heavy atom. The van der Waals surface area contributed by atoms with E-state index in [1.807, 2.05) is 0 Å². The van der Waals surface area contributed by atoms with Gasteiger partial charge in [-0.1, -0.05) is 0 Å². The van der Waals surface area contributed by atoms with E-state index in [0.29, 0.717) is 0 Å². The summed E-state index contributed by atoms with van der Waals surface area (Å²) < 4.78 is 0. The normalized spacial score (nSPS) is 25.7. The molecule has 3 nitrogen and oxygen atoms in total. The van der Waals surface area contributed by atoms with Crippen LogP contribution in [-0.2, 0) is 4.79 Å². The lowest BCUT2D eigenvalue weighted by molar-refractivity contribution is -0.131. The Morgan fingerprint density at radius 2 is 2.33 bits per heavy atom. The van der Waals surface area contributed by atoms with Crippen molar-refractivity contribution in [2.75, 3.05) is 13.1 Å². The third kappa shape index (κ3) is 2.93. The summed E-state index contributed by atoms with van der Waals surface area (Å²) in [5.74, 6) is 0.174. The second kappa shape index (κ2) is 5.41. The Morgan fingerprint density at radius 3 is 2.89 bits per heavy atom. The molecule has 18 heavy (non-hydrogen) atoms. The number of rotatable bonds is 3. The maximum absolute atomic E-state index is 12.4. The molecular weight excluding hydrogens is 244 g/mol. The smallest absolute Gasteiger partial charge is 0.227 e. The minimum Gasteiger partial charge on any atom is -0.348 e. The summed E-state index contributed by atoms with van der Waals surface area (Å²) in [7, 11) is 0. The Bertz CT molecular complexity index is 421. The van der Waals surface area contributed by atoms with Crippen molar-refractivity contribution in [2.45, 2.75) is 39.7 Å². The Hall–Kier alpha value is -0.870. The summed E-state index contributed by atoms with van der Waals surface area (Å²) >= 11 is 1.75. The fourth-order valence-corrected chi connectivity index (χ4v) is 3.26. The summed E-state index contributed by atoms with van der Waals surface area (Å²) in [5.41, 5.74) is -0.251. The van der Waals surface area contributed by atoms with Gasteiger partial charge in [0.15, 0.2) is 0 Å². The van der Waals surface area contributed by atoms with Crippen molar-refractivity contribution in [1.29, 1.82) is 0 Å². The molecule has 2 rings (SSSR count). The van der Waals surface area contributed by atoms with Crippen molar-refractivity contribution < 1.29 is 4.79 Å². The molecule has 0 aliphatic carbocycles. The van der Waals surface area contributed by atoms with Crippen LogP contribution in [0.2, 0.25) is 0 Å². The molecule has 4 heteroatoms. The second-order valence-corrected chi connectivity index (χ2v) is 6.80. The topological polar surface area (TPSA) is 41.1 Å². The lowest BCUT2D eigenvalue weighted by atomic mass is 9.81. The zero-order valence-corrected chi connectivity index (χ0v) is 12.2. The summed E-state index contributed by atoms with van der Waals surface area (Å²) in [5, 5.41) is 6.47. The molecule has 0 saturated carbocycles. The van der Waals surface area contributed by atoms with Gasteiger partial charge in [0.25, 0.3) is 0 Å². The highest BCUT2D eigenvalue weighted by Gasteiger charge is 2.35. The van der Waals surface area contributed by atoms with E-state index in [9.17, 15) is 4.79 Å². The highest BCUT2D eigenvalue weighted by Crippen LogP contribution is 2.28. The molecule has 1 fully saturated rings. The standard InChI is InChI=1S/C14H22N2OS/c1-10-5-6-12(18-10)11(2)16-13(17)14(3)7-4-8-15-9-14/h5-6,11,15H,4,7-9H2,1-3H3,(H,16,17). The maximum atomic E-state index is 12.4. The molecule has 1 saturated heterocycles. The van der Waals surface area contributed by atoms with E-state index in [1.54, 1.807) is 11.3 Å².